The molecule has 1 aliphatic heterocycles. The molecule has 4 heteroatoms. The monoisotopic (exact) mass is 406 g/mol. The summed E-state index contributed by atoms with van der Waals surface area (Å²) in [5.74, 6) is -0.536. The molecule has 0 radical (unpaired) electrons. The molecule has 0 aromatic rings. The highest BCUT2D eigenvalue weighted by Crippen LogP contribution is 2.42. The lowest BCUT2D eigenvalue weighted by Crippen LogP contribution is -2.41. The molecule has 1 fully saturated rings. The van der Waals surface area contributed by atoms with E-state index in [0.29, 0.717) is 5.41 Å². The Hall–Kier alpha value is -1.13. The summed E-state index contributed by atoms with van der Waals surface area (Å²) in [4.78, 5) is 23.0. The third-order valence-corrected chi connectivity index (χ3v) is 7.08. The van der Waals surface area contributed by atoms with Gasteiger partial charge in [0.2, 0.25) is 0 Å². The zero-order valence-electron chi connectivity index (χ0n) is 19.7. The van der Waals surface area contributed by atoms with Crippen LogP contribution in [0.1, 0.15) is 99.3 Å². The van der Waals surface area contributed by atoms with Crippen LogP contribution in [0.25, 0.3) is 0 Å². The summed E-state index contributed by atoms with van der Waals surface area (Å²) >= 11 is 0. The number of hydrogen-bond donors (Lipinski definition) is 0. The molecule has 2 rings (SSSR count). The minimum Gasteiger partial charge on any atom is -0.469 e. The molecule has 0 aromatic heterocycles. The molecule has 3 unspecified atom stereocenters. The fourth-order valence-corrected chi connectivity index (χ4v) is 4.80. The van der Waals surface area contributed by atoms with Gasteiger partial charge in [-0.05, 0) is 90.9 Å². The topological polar surface area (TPSA) is 44.8 Å². The van der Waals surface area contributed by atoms with Gasteiger partial charge in [-0.1, -0.05) is 36.6 Å². The number of rotatable bonds is 8. The van der Waals surface area contributed by atoms with E-state index in [4.69, 9.17) is 14.5 Å². The van der Waals surface area contributed by atoms with Crippen molar-refractivity contribution in [3.63, 3.8) is 0 Å². The Morgan fingerprint density at radius 3 is 2.62 bits per heavy atom. The van der Waals surface area contributed by atoms with Crippen LogP contribution in [0.4, 0.5) is 0 Å². The van der Waals surface area contributed by atoms with E-state index in [-0.39, 0.29) is 23.6 Å². The van der Waals surface area contributed by atoms with Crippen molar-refractivity contribution >= 4 is 5.97 Å². The van der Waals surface area contributed by atoms with Gasteiger partial charge in [-0.15, -0.1) is 0 Å². The molecule has 0 aromatic carbocycles. The summed E-state index contributed by atoms with van der Waals surface area (Å²) < 4.78 is 4.81. The molecule has 2 aliphatic rings. The van der Waals surface area contributed by atoms with Gasteiger partial charge in [0.25, 0.3) is 0 Å². The Morgan fingerprint density at radius 1 is 1.31 bits per heavy atom. The Labute approximate surface area is 178 Å². The van der Waals surface area contributed by atoms with Crippen LogP contribution < -0.4 is 0 Å². The van der Waals surface area contributed by atoms with E-state index in [1.54, 1.807) is 11.1 Å². The SMILES string of the molecule is COC(=O)C(C)C1CCC(C)(CCCC(C)=CCC2=C(C)CCCC2(C)C)OO1. The number of hydrogen-bond acceptors (Lipinski definition) is 4. The van der Waals surface area contributed by atoms with E-state index < -0.39 is 0 Å². The van der Waals surface area contributed by atoms with Gasteiger partial charge in [0.1, 0.15) is 11.7 Å². The lowest BCUT2D eigenvalue weighted by atomic mass is 9.71. The van der Waals surface area contributed by atoms with Gasteiger partial charge in [-0.3, -0.25) is 4.79 Å². The summed E-state index contributed by atoms with van der Waals surface area (Å²) in [7, 11) is 1.41. The first-order chi connectivity index (χ1) is 13.6. The second-order valence-electron chi connectivity index (χ2n) is 10.1. The molecule has 1 aliphatic carbocycles. The van der Waals surface area contributed by atoms with Crippen molar-refractivity contribution in [1.29, 1.82) is 0 Å². The number of ether oxygens (including phenoxy) is 1. The minimum atomic E-state index is -0.295. The Balaban J connectivity index is 1.78. The molecule has 1 saturated heterocycles. The summed E-state index contributed by atoms with van der Waals surface area (Å²) in [5.41, 5.74) is 4.78. The summed E-state index contributed by atoms with van der Waals surface area (Å²) in [6, 6.07) is 0. The van der Waals surface area contributed by atoms with Crippen molar-refractivity contribution in [2.75, 3.05) is 7.11 Å². The van der Waals surface area contributed by atoms with Gasteiger partial charge in [-0.2, -0.15) is 0 Å². The first-order valence-corrected chi connectivity index (χ1v) is 11.3. The van der Waals surface area contributed by atoms with Gasteiger partial charge in [-0.25, -0.2) is 9.78 Å². The smallest absolute Gasteiger partial charge is 0.311 e. The van der Waals surface area contributed by atoms with Crippen molar-refractivity contribution in [1.82, 2.24) is 0 Å². The normalized spacial score (nSPS) is 28.9. The van der Waals surface area contributed by atoms with Crippen LogP contribution in [0.2, 0.25) is 0 Å². The first-order valence-electron chi connectivity index (χ1n) is 11.3. The lowest BCUT2D eigenvalue weighted by Gasteiger charge is -2.37. The predicted octanol–water partition coefficient (Wildman–Crippen LogP) is 6.70. The zero-order chi connectivity index (χ0) is 21.7. The summed E-state index contributed by atoms with van der Waals surface area (Å²) in [5, 5.41) is 0. The minimum absolute atomic E-state index is 0.215. The zero-order valence-corrected chi connectivity index (χ0v) is 19.7. The van der Waals surface area contributed by atoms with Crippen LogP contribution in [0, 0.1) is 11.3 Å². The molecule has 0 spiro atoms. The third kappa shape index (κ3) is 6.68. The van der Waals surface area contributed by atoms with Crippen molar-refractivity contribution in [2.24, 2.45) is 11.3 Å². The number of esters is 1. The Bertz CT molecular complexity index is 621. The molecule has 29 heavy (non-hydrogen) atoms. The molecule has 0 amide bonds. The first kappa shape index (κ1) is 24.1. The molecular weight excluding hydrogens is 364 g/mol. The Kier molecular flexibility index (Phi) is 8.54. The van der Waals surface area contributed by atoms with E-state index >= 15 is 0 Å². The van der Waals surface area contributed by atoms with E-state index in [2.05, 4.69) is 40.7 Å². The number of carbonyl (C=O) groups is 1. The van der Waals surface area contributed by atoms with E-state index in [0.717, 1.165) is 38.5 Å². The number of methoxy groups -OCH3 is 1. The molecule has 166 valence electrons. The fourth-order valence-electron chi connectivity index (χ4n) is 4.80. The average Bonchev–Trinajstić information content (AvgIpc) is 2.66. The van der Waals surface area contributed by atoms with E-state index in [1.807, 2.05) is 6.92 Å². The molecule has 0 saturated carbocycles. The fraction of sp³-hybridized carbons (Fsp3) is 0.800. The van der Waals surface area contributed by atoms with Crippen LogP contribution in [0.3, 0.4) is 0 Å². The molecule has 1 heterocycles. The standard InChI is InChI=1S/C25H42O4/c1-18(12-13-21-19(2)11-9-15-24(21,4)5)10-8-16-25(6)17-14-22(28-29-25)20(3)23(26)27-7/h12,20,22H,8-11,13-17H2,1-7H3. The van der Waals surface area contributed by atoms with Crippen LogP contribution >= 0.6 is 0 Å². The highest BCUT2D eigenvalue weighted by atomic mass is 17.2. The highest BCUT2D eigenvalue weighted by molar-refractivity contribution is 5.72. The second-order valence-corrected chi connectivity index (χ2v) is 10.1. The molecule has 0 N–H and O–H groups in total. The maximum Gasteiger partial charge on any atom is 0.311 e. The third-order valence-electron chi connectivity index (χ3n) is 7.08. The van der Waals surface area contributed by atoms with E-state index in [9.17, 15) is 4.79 Å². The maximum atomic E-state index is 11.7. The maximum absolute atomic E-state index is 11.7. The number of carbonyl (C=O) groups excluding carboxylic acids is 1. The second kappa shape index (κ2) is 10.3. The van der Waals surface area contributed by atoms with Crippen LogP contribution in [-0.4, -0.2) is 24.8 Å². The molecule has 4 nitrogen and oxygen atoms in total. The quantitative estimate of drug-likeness (QED) is 0.256. The van der Waals surface area contributed by atoms with Crippen LogP contribution in [-0.2, 0) is 19.3 Å². The Morgan fingerprint density at radius 2 is 2.03 bits per heavy atom. The molecule has 0 bridgehead atoms. The molecule has 3 atom stereocenters. The summed E-state index contributed by atoms with van der Waals surface area (Å²) in [6.07, 6.45) is 12.1. The van der Waals surface area contributed by atoms with E-state index in [1.165, 1.54) is 31.9 Å². The van der Waals surface area contributed by atoms with Gasteiger partial charge in [0.05, 0.1) is 13.0 Å². The van der Waals surface area contributed by atoms with Crippen molar-refractivity contribution < 1.29 is 19.3 Å². The molecular formula is C25H42O4. The van der Waals surface area contributed by atoms with Crippen molar-refractivity contribution in [3.8, 4) is 0 Å². The van der Waals surface area contributed by atoms with Gasteiger partial charge >= 0.3 is 5.97 Å². The largest absolute Gasteiger partial charge is 0.469 e. The number of allylic oxidation sites excluding steroid dienone is 4. The predicted molar refractivity (Wildman–Crippen MR) is 117 cm³/mol. The summed E-state index contributed by atoms with van der Waals surface area (Å²) in [6.45, 7) is 13.3. The lowest BCUT2D eigenvalue weighted by molar-refractivity contribution is -0.411. The highest BCUT2D eigenvalue weighted by Gasteiger charge is 2.37. The van der Waals surface area contributed by atoms with Crippen molar-refractivity contribution in [2.45, 2.75) is 111 Å². The van der Waals surface area contributed by atoms with Crippen LogP contribution in [0.5, 0.6) is 0 Å². The van der Waals surface area contributed by atoms with Crippen LogP contribution in [0.15, 0.2) is 22.8 Å². The average molecular weight is 407 g/mol. The van der Waals surface area contributed by atoms with Gasteiger partial charge in [0.15, 0.2) is 0 Å². The van der Waals surface area contributed by atoms with Gasteiger partial charge in [0, 0.05) is 0 Å². The van der Waals surface area contributed by atoms with Crippen molar-refractivity contribution in [3.05, 3.63) is 22.8 Å². The van der Waals surface area contributed by atoms with Gasteiger partial charge < -0.3 is 4.74 Å².